The van der Waals surface area contributed by atoms with Crippen LogP contribution in [-0.4, -0.2) is 23.4 Å². The van der Waals surface area contributed by atoms with E-state index in [-0.39, 0.29) is 12.3 Å². The number of alkyl carbamates (subject to hydrolysis) is 1. The van der Waals surface area contributed by atoms with Gasteiger partial charge in [0.05, 0.1) is 38.9 Å². The maximum absolute atomic E-state index is 12.9. The van der Waals surface area contributed by atoms with Crippen LogP contribution in [-0.2, 0) is 10.9 Å². The number of carbonyl (C=O) groups excluding carboxylic acids is 1. The van der Waals surface area contributed by atoms with Gasteiger partial charge in [0.1, 0.15) is 0 Å². The highest BCUT2D eigenvalue weighted by atomic mass is 35.5. The molecule has 2 rings (SSSR count). The highest BCUT2D eigenvalue weighted by Gasteiger charge is 2.53. The smallest absolute Gasteiger partial charge is 0.419 e. The quantitative estimate of drug-likeness (QED) is 0.444. The van der Waals surface area contributed by atoms with Gasteiger partial charge in [0.15, 0.2) is 0 Å². The number of nitrogens with zero attached hydrogens (tertiary/aromatic N) is 2. The Morgan fingerprint density at radius 3 is 2.62 bits per heavy atom. The molecule has 1 amide bonds. The van der Waals surface area contributed by atoms with Gasteiger partial charge < -0.3 is 4.74 Å². The van der Waals surface area contributed by atoms with Gasteiger partial charge in [0.2, 0.25) is 0 Å². The Hall–Kier alpha value is -2.40. The number of benzene rings is 1. The predicted molar refractivity (Wildman–Crippen MR) is 86.1 cm³/mol. The van der Waals surface area contributed by atoms with Crippen molar-refractivity contribution in [2.75, 3.05) is 11.6 Å². The third-order valence-corrected chi connectivity index (χ3v) is 4.18. The Morgan fingerprint density at radius 2 is 2.08 bits per heavy atom. The number of anilines is 1. The van der Waals surface area contributed by atoms with Crippen molar-refractivity contribution in [2.45, 2.75) is 18.9 Å². The van der Waals surface area contributed by atoms with Crippen LogP contribution >= 0.6 is 23.2 Å². The Kier molecular flexibility index (Phi) is 5.42. The van der Waals surface area contributed by atoms with E-state index in [1.54, 1.807) is 0 Å². The molecule has 8 nitrogen and oxygen atoms in total. The lowest BCUT2D eigenvalue weighted by molar-refractivity contribution is -0.559. The Bertz CT molecular complexity index is 774. The van der Waals surface area contributed by atoms with E-state index in [0.29, 0.717) is 6.07 Å². The number of nitro groups is 1. The molecule has 1 aliphatic rings. The molecule has 1 atom stereocenters. The molecule has 0 aromatic heterocycles. The van der Waals surface area contributed by atoms with Crippen molar-refractivity contribution in [3.05, 3.63) is 50.1 Å². The molecule has 0 spiro atoms. The zero-order chi connectivity index (χ0) is 19.7. The van der Waals surface area contributed by atoms with Crippen LogP contribution in [0.5, 0.6) is 0 Å². The largest absolute Gasteiger partial charge is 0.450 e. The summed E-state index contributed by atoms with van der Waals surface area (Å²) in [5.74, 6) is -2.39. The lowest BCUT2D eigenvalue weighted by Crippen LogP contribution is -2.65. The van der Waals surface area contributed by atoms with Gasteiger partial charge in [0.25, 0.3) is 0 Å². The normalized spacial score (nSPS) is 19.2. The second-order valence-corrected chi connectivity index (χ2v) is 5.64. The second-order valence-electron chi connectivity index (χ2n) is 4.88. The van der Waals surface area contributed by atoms with E-state index >= 15 is 0 Å². The standard InChI is InChI=1S/C13H11Cl2F3N4O4/c1-2-26-11(23)20-12(22(24)25)5-6-19-21(12)8-4-3-7(13(16,17)18)9(14)10(8)15/h3-6,19H,2H2,1H3,(H,20,23). The first kappa shape index (κ1) is 19.9. The zero-order valence-corrected chi connectivity index (χ0v) is 14.4. The van der Waals surface area contributed by atoms with Crippen LogP contribution in [0.3, 0.4) is 0 Å². The number of alkyl halides is 3. The zero-order valence-electron chi connectivity index (χ0n) is 12.9. The Labute approximate surface area is 154 Å². The number of nitrogens with one attached hydrogen (secondary N) is 2. The summed E-state index contributed by atoms with van der Waals surface area (Å²) in [5, 5.41) is 13.0. The van der Waals surface area contributed by atoms with Crippen molar-refractivity contribution in [3.8, 4) is 0 Å². The Morgan fingerprint density at radius 1 is 1.42 bits per heavy atom. The first-order chi connectivity index (χ1) is 12.0. The molecule has 142 valence electrons. The van der Waals surface area contributed by atoms with Gasteiger partial charge in [-0.25, -0.2) is 10.1 Å². The summed E-state index contributed by atoms with van der Waals surface area (Å²) in [4.78, 5) is 22.4. The fourth-order valence-corrected chi connectivity index (χ4v) is 2.70. The van der Waals surface area contributed by atoms with Crippen LogP contribution in [0.15, 0.2) is 24.4 Å². The van der Waals surface area contributed by atoms with Gasteiger partial charge in [-0.05, 0) is 19.1 Å². The lowest BCUT2D eigenvalue weighted by Gasteiger charge is -2.31. The maximum atomic E-state index is 12.9. The summed E-state index contributed by atoms with van der Waals surface area (Å²) >= 11 is 11.6. The number of carbonyl (C=O) groups is 1. The van der Waals surface area contributed by atoms with Gasteiger partial charge in [-0.1, -0.05) is 23.2 Å². The van der Waals surface area contributed by atoms with E-state index in [1.807, 2.05) is 5.32 Å². The minimum absolute atomic E-state index is 0.0519. The van der Waals surface area contributed by atoms with Gasteiger partial charge in [-0.2, -0.15) is 18.2 Å². The first-order valence-electron chi connectivity index (χ1n) is 6.93. The number of hydrogen-bond donors (Lipinski definition) is 2. The lowest BCUT2D eigenvalue weighted by atomic mass is 10.1. The topological polar surface area (TPSA) is 96.7 Å². The fraction of sp³-hybridized carbons (Fsp3) is 0.308. The summed E-state index contributed by atoms with van der Waals surface area (Å²) < 4.78 is 43.4. The minimum Gasteiger partial charge on any atom is -0.450 e. The van der Waals surface area contributed by atoms with Gasteiger partial charge >= 0.3 is 18.1 Å². The molecular weight excluding hydrogens is 404 g/mol. The monoisotopic (exact) mass is 414 g/mol. The fourth-order valence-electron chi connectivity index (χ4n) is 2.19. The highest BCUT2D eigenvalue weighted by molar-refractivity contribution is 6.44. The molecule has 1 aromatic rings. The molecule has 1 aliphatic heterocycles. The molecule has 13 heteroatoms. The number of amides is 1. The third-order valence-electron chi connectivity index (χ3n) is 3.31. The maximum Gasteiger partial charge on any atom is 0.419 e. The number of halogens is 5. The van der Waals surface area contributed by atoms with Crippen LogP contribution < -0.4 is 15.8 Å². The summed E-state index contributed by atoms with van der Waals surface area (Å²) in [6.07, 6.45) is -3.81. The van der Waals surface area contributed by atoms with Crippen molar-refractivity contribution >= 4 is 35.0 Å². The average Bonchev–Trinajstić information content (AvgIpc) is 2.93. The number of hydrogen-bond acceptors (Lipinski definition) is 6. The third kappa shape index (κ3) is 3.44. The molecule has 1 aromatic carbocycles. The SMILES string of the molecule is CCOC(=O)NC1([N+](=O)[O-])C=CNN1c1ccc(C(F)(F)F)c(Cl)c1Cl. The van der Waals surface area contributed by atoms with Crippen LogP contribution in [0.2, 0.25) is 10.0 Å². The Balaban J connectivity index is 2.51. The van der Waals surface area contributed by atoms with Crippen LogP contribution in [0.1, 0.15) is 12.5 Å². The molecule has 0 fully saturated rings. The van der Waals surface area contributed by atoms with Crippen molar-refractivity contribution in [3.63, 3.8) is 0 Å². The van der Waals surface area contributed by atoms with E-state index in [0.717, 1.165) is 23.4 Å². The molecule has 0 radical (unpaired) electrons. The van der Waals surface area contributed by atoms with E-state index < -0.39 is 38.6 Å². The second kappa shape index (κ2) is 7.08. The first-order valence-corrected chi connectivity index (χ1v) is 7.69. The molecule has 1 heterocycles. The van der Waals surface area contributed by atoms with Crippen molar-refractivity contribution in [2.24, 2.45) is 0 Å². The molecule has 0 saturated heterocycles. The number of ether oxygens (including phenoxy) is 1. The summed E-state index contributed by atoms with van der Waals surface area (Å²) in [7, 11) is 0. The number of hydrazine groups is 1. The van der Waals surface area contributed by atoms with Crippen molar-refractivity contribution in [1.82, 2.24) is 10.7 Å². The van der Waals surface area contributed by atoms with E-state index in [9.17, 15) is 28.1 Å². The van der Waals surface area contributed by atoms with Gasteiger partial charge in [-0.15, -0.1) is 0 Å². The van der Waals surface area contributed by atoms with Gasteiger partial charge in [-0.3, -0.25) is 15.5 Å². The van der Waals surface area contributed by atoms with Crippen molar-refractivity contribution < 1.29 is 27.6 Å². The molecule has 2 N–H and O–H groups in total. The van der Waals surface area contributed by atoms with Gasteiger partial charge in [0, 0.05) is 6.20 Å². The summed E-state index contributed by atoms with van der Waals surface area (Å²) in [6.45, 7) is 1.44. The minimum atomic E-state index is -4.76. The molecule has 0 aliphatic carbocycles. The highest BCUT2D eigenvalue weighted by Crippen LogP contribution is 2.43. The average molecular weight is 415 g/mol. The number of rotatable bonds is 4. The molecule has 26 heavy (non-hydrogen) atoms. The van der Waals surface area contributed by atoms with E-state index in [4.69, 9.17) is 23.2 Å². The molecule has 0 saturated carbocycles. The summed E-state index contributed by atoms with van der Waals surface area (Å²) in [5.41, 5.74) is 0.971. The van der Waals surface area contributed by atoms with Crippen LogP contribution in [0.25, 0.3) is 0 Å². The van der Waals surface area contributed by atoms with E-state index in [2.05, 4.69) is 10.2 Å². The molecule has 1 unspecified atom stereocenters. The molecule has 0 bridgehead atoms. The van der Waals surface area contributed by atoms with Crippen LogP contribution in [0.4, 0.5) is 23.7 Å². The van der Waals surface area contributed by atoms with Crippen LogP contribution in [0, 0.1) is 10.1 Å². The summed E-state index contributed by atoms with van der Waals surface area (Å²) in [6, 6.07) is 1.51. The van der Waals surface area contributed by atoms with Crippen molar-refractivity contribution in [1.29, 1.82) is 0 Å². The molecular formula is C13H11Cl2F3N4O4. The van der Waals surface area contributed by atoms with E-state index in [1.165, 1.54) is 6.92 Å². The predicted octanol–water partition coefficient (Wildman–Crippen LogP) is 3.53.